The van der Waals surface area contributed by atoms with Gasteiger partial charge in [-0.2, -0.15) is 61.5 Å². The number of nitrogens with zero attached hydrogens (tertiary/aromatic N) is 2. The van der Waals surface area contributed by atoms with Gasteiger partial charge in [-0.15, -0.1) is 0 Å². The van der Waals surface area contributed by atoms with Crippen molar-refractivity contribution in [2.75, 3.05) is 23.9 Å². The van der Waals surface area contributed by atoms with Crippen LogP contribution in [-0.4, -0.2) is 62.0 Å². The van der Waals surface area contributed by atoms with E-state index in [1.165, 1.54) is 0 Å². The quantitative estimate of drug-likeness (QED) is 0.472. The molecule has 1 aromatic rings. The van der Waals surface area contributed by atoms with E-state index in [9.17, 15) is 71.1 Å². The molecule has 0 aromatic heterocycles. The second kappa shape index (κ2) is 8.44. The Balaban J connectivity index is 3.36. The molecule has 0 fully saturated rings. The van der Waals surface area contributed by atoms with E-state index in [1.807, 2.05) is 0 Å². The SMILES string of the molecule is CN(C(=O)C(F)(F)C(F)(F)C(F)(F)F)c1cccc(N(C)C(=O)C(F)(F)C(F)(F)C(F)(F)F)c1. The molecule has 0 bridgehead atoms. The Morgan fingerprint density at radius 3 is 1.09 bits per heavy atom. The van der Waals surface area contributed by atoms with Crippen molar-refractivity contribution in [3.8, 4) is 0 Å². The van der Waals surface area contributed by atoms with Crippen molar-refractivity contribution in [1.29, 1.82) is 0 Å². The average molecular weight is 528 g/mol. The van der Waals surface area contributed by atoms with Crippen molar-refractivity contribution in [3.63, 3.8) is 0 Å². The number of carbonyl (C=O) groups is 2. The number of anilines is 2. The molecule has 0 spiro atoms. The summed E-state index contributed by atoms with van der Waals surface area (Å²) in [6.07, 6.45) is -13.8. The van der Waals surface area contributed by atoms with Crippen LogP contribution in [0.2, 0.25) is 0 Å². The first kappa shape index (κ1) is 29.2. The van der Waals surface area contributed by atoms with E-state index in [0.717, 1.165) is 0 Å². The highest BCUT2D eigenvalue weighted by Gasteiger charge is 2.77. The molecule has 0 aliphatic carbocycles. The fourth-order valence-electron chi connectivity index (χ4n) is 2.19. The van der Waals surface area contributed by atoms with E-state index >= 15 is 0 Å². The van der Waals surface area contributed by atoms with Gasteiger partial charge < -0.3 is 9.80 Å². The number of alkyl halides is 14. The van der Waals surface area contributed by atoms with Crippen molar-refractivity contribution in [2.24, 2.45) is 0 Å². The topological polar surface area (TPSA) is 40.6 Å². The molecule has 1 rings (SSSR count). The third-order valence-electron chi connectivity index (χ3n) is 4.25. The summed E-state index contributed by atoms with van der Waals surface area (Å²) in [5.74, 6) is -32.8. The Kier molecular flexibility index (Phi) is 7.25. The van der Waals surface area contributed by atoms with Gasteiger partial charge in [0.25, 0.3) is 0 Å². The molecular formula is C16H10F14N2O2. The maximum absolute atomic E-state index is 13.6. The molecule has 4 nitrogen and oxygen atoms in total. The molecule has 194 valence electrons. The molecule has 18 heteroatoms. The third-order valence-corrected chi connectivity index (χ3v) is 4.25. The lowest BCUT2D eigenvalue weighted by Gasteiger charge is -2.31. The van der Waals surface area contributed by atoms with Crippen molar-refractivity contribution < 1.29 is 71.1 Å². The molecule has 34 heavy (non-hydrogen) atoms. The molecule has 0 heterocycles. The van der Waals surface area contributed by atoms with Crippen LogP contribution in [0.15, 0.2) is 24.3 Å². The molecule has 0 atom stereocenters. The van der Waals surface area contributed by atoms with E-state index in [0.29, 0.717) is 18.2 Å². The molecule has 0 unspecified atom stereocenters. The lowest BCUT2D eigenvalue weighted by molar-refractivity contribution is -0.343. The van der Waals surface area contributed by atoms with Crippen LogP contribution in [0.3, 0.4) is 0 Å². The van der Waals surface area contributed by atoms with Gasteiger partial charge in [0, 0.05) is 25.5 Å². The Morgan fingerprint density at radius 2 is 0.853 bits per heavy atom. The molecular weight excluding hydrogens is 518 g/mol. The maximum atomic E-state index is 13.6. The highest BCUT2D eigenvalue weighted by atomic mass is 19.4. The zero-order valence-corrected chi connectivity index (χ0v) is 16.3. The van der Waals surface area contributed by atoms with Crippen LogP contribution in [0.25, 0.3) is 0 Å². The van der Waals surface area contributed by atoms with Gasteiger partial charge in [-0.3, -0.25) is 9.59 Å². The molecule has 1 aromatic carbocycles. The van der Waals surface area contributed by atoms with Gasteiger partial charge in [-0.25, -0.2) is 0 Å². The largest absolute Gasteiger partial charge is 0.460 e. The minimum Gasteiger partial charge on any atom is -0.310 e. The summed E-state index contributed by atoms with van der Waals surface area (Å²) in [4.78, 5) is 22.3. The summed E-state index contributed by atoms with van der Waals surface area (Å²) >= 11 is 0. The Labute approximate surface area is 179 Å². The lowest BCUT2D eigenvalue weighted by Crippen LogP contribution is -2.60. The number of halogens is 14. The molecule has 0 aliphatic rings. The van der Waals surface area contributed by atoms with Gasteiger partial charge in [0.05, 0.1) is 0 Å². The Morgan fingerprint density at radius 1 is 0.588 bits per heavy atom. The standard InChI is InChI=1S/C16H10F14N2O2/c1-31(9(33)11(17,18)13(21,22)15(25,26)27)7-4-3-5-8(6-7)32(2)10(34)12(19,20)14(23,24)16(28,29)30/h3-6H,1-2H3. The van der Waals surface area contributed by atoms with Gasteiger partial charge in [-0.05, 0) is 18.2 Å². The maximum Gasteiger partial charge on any atom is 0.460 e. The second-order valence-corrected chi connectivity index (χ2v) is 6.54. The van der Waals surface area contributed by atoms with Gasteiger partial charge in [0.15, 0.2) is 0 Å². The minimum absolute atomic E-state index is 0.222. The second-order valence-electron chi connectivity index (χ2n) is 6.54. The zero-order valence-electron chi connectivity index (χ0n) is 16.3. The smallest absolute Gasteiger partial charge is 0.310 e. The predicted octanol–water partition coefficient (Wildman–Crippen LogP) is 5.28. The molecule has 0 aliphatic heterocycles. The minimum atomic E-state index is -6.88. The third kappa shape index (κ3) is 4.57. The Bertz CT molecular complexity index is 867. The normalized spacial score (nSPS) is 14.1. The molecule has 0 saturated heterocycles. The summed E-state index contributed by atoms with van der Waals surface area (Å²) in [7, 11) is 0.464. The zero-order chi connectivity index (χ0) is 27.3. The van der Waals surface area contributed by atoms with Crippen molar-refractivity contribution in [1.82, 2.24) is 0 Å². The lowest BCUT2D eigenvalue weighted by atomic mass is 10.1. The van der Waals surface area contributed by atoms with Crippen molar-refractivity contribution in [3.05, 3.63) is 24.3 Å². The first-order chi connectivity index (χ1) is 14.9. The first-order valence-electron chi connectivity index (χ1n) is 8.16. The van der Waals surface area contributed by atoms with Crippen LogP contribution < -0.4 is 9.80 Å². The number of amides is 2. The van der Waals surface area contributed by atoms with E-state index in [4.69, 9.17) is 0 Å². The monoisotopic (exact) mass is 528 g/mol. The molecule has 0 N–H and O–H groups in total. The first-order valence-corrected chi connectivity index (χ1v) is 8.16. The molecule has 0 radical (unpaired) electrons. The predicted molar refractivity (Wildman–Crippen MR) is 85.2 cm³/mol. The van der Waals surface area contributed by atoms with Gasteiger partial charge in [-0.1, -0.05) is 6.07 Å². The summed E-state index contributed by atoms with van der Waals surface area (Å²) in [5.41, 5.74) is -2.10. The molecule has 0 saturated carbocycles. The number of carbonyl (C=O) groups excluding carboxylic acids is 2. The summed E-state index contributed by atoms with van der Waals surface area (Å²) < 4.78 is 180. The van der Waals surface area contributed by atoms with E-state index in [-0.39, 0.29) is 20.2 Å². The number of hydrogen-bond acceptors (Lipinski definition) is 2. The summed E-state index contributed by atoms with van der Waals surface area (Å²) in [6.45, 7) is 0. The number of benzene rings is 1. The highest BCUT2D eigenvalue weighted by molar-refractivity contribution is 6.01. The van der Waals surface area contributed by atoms with Crippen LogP contribution in [0.5, 0.6) is 0 Å². The highest BCUT2D eigenvalue weighted by Crippen LogP contribution is 2.49. The van der Waals surface area contributed by atoms with Crippen LogP contribution >= 0.6 is 0 Å². The number of rotatable bonds is 6. The Hall–Kier alpha value is -2.82. The van der Waals surface area contributed by atoms with E-state index in [2.05, 4.69) is 0 Å². The fourth-order valence-corrected chi connectivity index (χ4v) is 2.19. The van der Waals surface area contributed by atoms with Crippen molar-refractivity contribution >= 4 is 23.2 Å². The average Bonchev–Trinajstić information content (AvgIpc) is 2.69. The van der Waals surface area contributed by atoms with Crippen LogP contribution in [0, 0.1) is 0 Å². The summed E-state index contributed by atoms with van der Waals surface area (Å²) in [6, 6.07) is 1.95. The van der Waals surface area contributed by atoms with Crippen LogP contribution in [0.4, 0.5) is 72.8 Å². The van der Waals surface area contributed by atoms with E-state index < -0.39 is 69.0 Å². The van der Waals surface area contributed by atoms with Gasteiger partial charge >= 0.3 is 47.9 Å². The summed E-state index contributed by atoms with van der Waals surface area (Å²) in [5, 5.41) is 0. The van der Waals surface area contributed by atoms with Crippen LogP contribution in [0.1, 0.15) is 0 Å². The van der Waals surface area contributed by atoms with Crippen LogP contribution in [-0.2, 0) is 9.59 Å². The van der Waals surface area contributed by atoms with Crippen molar-refractivity contribution in [2.45, 2.75) is 36.0 Å². The van der Waals surface area contributed by atoms with Gasteiger partial charge in [0.1, 0.15) is 0 Å². The molecule has 2 amide bonds. The number of hydrogen-bond donors (Lipinski definition) is 0. The van der Waals surface area contributed by atoms with E-state index in [1.54, 1.807) is 0 Å². The van der Waals surface area contributed by atoms with Gasteiger partial charge in [0.2, 0.25) is 0 Å². The fraction of sp³-hybridized carbons (Fsp3) is 0.500.